The molecule has 0 aliphatic carbocycles. The topological polar surface area (TPSA) is 55.1 Å². The van der Waals surface area contributed by atoms with Gasteiger partial charge < -0.3 is 11.1 Å². The molecule has 0 saturated heterocycles. The van der Waals surface area contributed by atoms with E-state index in [0.29, 0.717) is 16.9 Å². The van der Waals surface area contributed by atoms with Gasteiger partial charge in [-0.05, 0) is 61.4 Å². The standard InChI is InChI=1S/C15H15BrN2O/c1-9-7-13(17)14(8-10(9)2)18-15(19)11-3-5-12(16)6-4-11/h3-8H,17H2,1-2H3,(H,18,19). The van der Waals surface area contributed by atoms with Crippen LogP contribution in [0.1, 0.15) is 21.5 Å². The SMILES string of the molecule is Cc1cc(N)c(NC(=O)c2ccc(Br)cc2)cc1C. The van der Waals surface area contributed by atoms with Crippen LogP contribution in [-0.2, 0) is 0 Å². The average Bonchev–Trinajstić information content (AvgIpc) is 2.36. The number of halogens is 1. The van der Waals surface area contributed by atoms with Crippen molar-refractivity contribution in [1.82, 2.24) is 0 Å². The molecule has 0 fully saturated rings. The number of nitrogen functional groups attached to an aromatic ring is 1. The highest BCUT2D eigenvalue weighted by molar-refractivity contribution is 9.10. The Kier molecular flexibility index (Phi) is 3.90. The number of anilines is 2. The Hall–Kier alpha value is -1.81. The first kappa shape index (κ1) is 13.6. The van der Waals surface area contributed by atoms with Crippen molar-refractivity contribution >= 4 is 33.2 Å². The molecule has 0 saturated carbocycles. The smallest absolute Gasteiger partial charge is 0.255 e. The number of hydrogen-bond donors (Lipinski definition) is 2. The normalized spacial score (nSPS) is 10.3. The van der Waals surface area contributed by atoms with Crippen molar-refractivity contribution in [3.8, 4) is 0 Å². The summed E-state index contributed by atoms with van der Waals surface area (Å²) in [6, 6.07) is 10.9. The van der Waals surface area contributed by atoms with Crippen molar-refractivity contribution in [2.45, 2.75) is 13.8 Å². The summed E-state index contributed by atoms with van der Waals surface area (Å²) in [5.41, 5.74) is 9.95. The highest BCUT2D eigenvalue weighted by Gasteiger charge is 2.09. The zero-order valence-corrected chi connectivity index (χ0v) is 12.4. The average molecular weight is 319 g/mol. The van der Waals surface area contributed by atoms with Crippen LogP contribution in [0.4, 0.5) is 11.4 Å². The van der Waals surface area contributed by atoms with E-state index in [1.807, 2.05) is 38.1 Å². The third-order valence-electron chi connectivity index (χ3n) is 3.02. The molecule has 3 nitrogen and oxygen atoms in total. The lowest BCUT2D eigenvalue weighted by molar-refractivity contribution is 0.102. The van der Waals surface area contributed by atoms with Gasteiger partial charge in [0.15, 0.2) is 0 Å². The van der Waals surface area contributed by atoms with E-state index in [-0.39, 0.29) is 5.91 Å². The van der Waals surface area contributed by atoms with Gasteiger partial charge in [-0.3, -0.25) is 4.79 Å². The highest BCUT2D eigenvalue weighted by atomic mass is 79.9. The molecule has 0 aliphatic rings. The molecule has 0 spiro atoms. The second-order valence-corrected chi connectivity index (χ2v) is 5.40. The molecule has 1 amide bonds. The molecule has 4 heteroatoms. The van der Waals surface area contributed by atoms with Gasteiger partial charge in [-0.15, -0.1) is 0 Å². The Labute approximate surface area is 121 Å². The van der Waals surface area contributed by atoms with Crippen molar-refractivity contribution in [2.24, 2.45) is 0 Å². The zero-order valence-electron chi connectivity index (χ0n) is 10.8. The van der Waals surface area contributed by atoms with Crippen LogP contribution in [0.3, 0.4) is 0 Å². The first-order valence-corrected chi connectivity index (χ1v) is 6.70. The number of amides is 1. The van der Waals surface area contributed by atoms with Crippen LogP contribution >= 0.6 is 15.9 Å². The Morgan fingerprint density at radius 2 is 1.68 bits per heavy atom. The number of rotatable bonds is 2. The summed E-state index contributed by atoms with van der Waals surface area (Å²) in [7, 11) is 0. The van der Waals surface area contributed by atoms with Crippen LogP contribution < -0.4 is 11.1 Å². The van der Waals surface area contributed by atoms with Gasteiger partial charge in [0.2, 0.25) is 0 Å². The van der Waals surface area contributed by atoms with E-state index in [2.05, 4.69) is 21.2 Å². The van der Waals surface area contributed by atoms with Gasteiger partial charge in [0.25, 0.3) is 5.91 Å². The molecular formula is C15H15BrN2O. The Balaban J connectivity index is 2.24. The van der Waals surface area contributed by atoms with E-state index in [1.165, 1.54) is 0 Å². The van der Waals surface area contributed by atoms with E-state index >= 15 is 0 Å². The fourth-order valence-corrected chi connectivity index (χ4v) is 2.01. The maximum absolute atomic E-state index is 12.1. The van der Waals surface area contributed by atoms with Crippen molar-refractivity contribution in [3.63, 3.8) is 0 Å². The molecule has 0 atom stereocenters. The molecule has 19 heavy (non-hydrogen) atoms. The Bertz CT molecular complexity index is 621. The molecule has 0 bridgehead atoms. The van der Waals surface area contributed by atoms with Crippen LogP contribution in [0.5, 0.6) is 0 Å². The molecule has 0 aliphatic heterocycles. The monoisotopic (exact) mass is 318 g/mol. The lowest BCUT2D eigenvalue weighted by Gasteiger charge is -2.11. The first-order valence-electron chi connectivity index (χ1n) is 5.91. The summed E-state index contributed by atoms with van der Waals surface area (Å²) in [4.78, 5) is 12.1. The maximum Gasteiger partial charge on any atom is 0.255 e. The van der Waals surface area contributed by atoms with Crippen LogP contribution in [0, 0.1) is 13.8 Å². The van der Waals surface area contributed by atoms with Gasteiger partial charge in [-0.1, -0.05) is 15.9 Å². The van der Waals surface area contributed by atoms with E-state index in [4.69, 9.17) is 5.73 Å². The van der Waals surface area contributed by atoms with Crippen molar-refractivity contribution in [3.05, 3.63) is 57.6 Å². The number of nitrogens with two attached hydrogens (primary N) is 1. The predicted molar refractivity (Wildman–Crippen MR) is 82.4 cm³/mol. The fourth-order valence-electron chi connectivity index (χ4n) is 1.74. The van der Waals surface area contributed by atoms with E-state index in [1.54, 1.807) is 12.1 Å². The largest absolute Gasteiger partial charge is 0.397 e. The van der Waals surface area contributed by atoms with Crippen LogP contribution in [0.25, 0.3) is 0 Å². The van der Waals surface area contributed by atoms with Gasteiger partial charge in [-0.2, -0.15) is 0 Å². The summed E-state index contributed by atoms with van der Waals surface area (Å²) >= 11 is 3.34. The molecule has 2 aromatic rings. The predicted octanol–water partition coefficient (Wildman–Crippen LogP) is 3.90. The van der Waals surface area contributed by atoms with Gasteiger partial charge >= 0.3 is 0 Å². The number of hydrogen-bond acceptors (Lipinski definition) is 2. The van der Waals surface area contributed by atoms with Crippen molar-refractivity contribution in [2.75, 3.05) is 11.1 Å². The van der Waals surface area contributed by atoms with Gasteiger partial charge in [0, 0.05) is 10.0 Å². The summed E-state index contributed by atoms with van der Waals surface area (Å²) in [5, 5.41) is 2.83. The van der Waals surface area contributed by atoms with Crippen LogP contribution in [-0.4, -0.2) is 5.91 Å². The fraction of sp³-hybridized carbons (Fsp3) is 0.133. The maximum atomic E-state index is 12.1. The van der Waals surface area contributed by atoms with Crippen LogP contribution in [0.15, 0.2) is 40.9 Å². The second-order valence-electron chi connectivity index (χ2n) is 4.48. The minimum atomic E-state index is -0.164. The number of carbonyl (C=O) groups is 1. The molecule has 3 N–H and O–H groups in total. The summed E-state index contributed by atoms with van der Waals surface area (Å²) in [6.45, 7) is 3.98. The molecule has 2 aromatic carbocycles. The minimum absolute atomic E-state index is 0.164. The Morgan fingerprint density at radius 1 is 1.11 bits per heavy atom. The number of carbonyl (C=O) groups excluding carboxylic acids is 1. The number of aryl methyl sites for hydroxylation is 2. The lowest BCUT2D eigenvalue weighted by Crippen LogP contribution is -2.13. The number of nitrogens with one attached hydrogen (secondary N) is 1. The quantitative estimate of drug-likeness (QED) is 0.825. The highest BCUT2D eigenvalue weighted by Crippen LogP contribution is 2.23. The Morgan fingerprint density at radius 3 is 2.32 bits per heavy atom. The van der Waals surface area contributed by atoms with Gasteiger partial charge in [0.05, 0.1) is 11.4 Å². The van der Waals surface area contributed by atoms with Crippen LogP contribution in [0.2, 0.25) is 0 Å². The molecule has 0 unspecified atom stereocenters. The molecule has 2 rings (SSSR count). The van der Waals surface area contributed by atoms with Crippen molar-refractivity contribution in [1.29, 1.82) is 0 Å². The summed E-state index contributed by atoms with van der Waals surface area (Å²) in [5.74, 6) is -0.164. The number of benzene rings is 2. The molecule has 98 valence electrons. The van der Waals surface area contributed by atoms with E-state index < -0.39 is 0 Å². The lowest BCUT2D eigenvalue weighted by atomic mass is 10.1. The zero-order chi connectivity index (χ0) is 14.0. The molecular weight excluding hydrogens is 304 g/mol. The van der Waals surface area contributed by atoms with E-state index in [9.17, 15) is 4.79 Å². The van der Waals surface area contributed by atoms with Crippen molar-refractivity contribution < 1.29 is 4.79 Å². The first-order chi connectivity index (χ1) is 8.97. The second kappa shape index (κ2) is 5.45. The summed E-state index contributed by atoms with van der Waals surface area (Å²) in [6.07, 6.45) is 0. The van der Waals surface area contributed by atoms with Gasteiger partial charge in [0.1, 0.15) is 0 Å². The summed E-state index contributed by atoms with van der Waals surface area (Å²) < 4.78 is 0.940. The third-order valence-corrected chi connectivity index (χ3v) is 3.55. The third kappa shape index (κ3) is 3.15. The molecule has 0 radical (unpaired) electrons. The van der Waals surface area contributed by atoms with E-state index in [0.717, 1.165) is 15.6 Å². The van der Waals surface area contributed by atoms with Gasteiger partial charge in [-0.25, -0.2) is 0 Å². The molecule has 0 aromatic heterocycles. The molecule has 0 heterocycles. The minimum Gasteiger partial charge on any atom is -0.397 e.